The molecular formula is C20H23N3. The maximum atomic E-state index is 4.96. The fourth-order valence-electron chi connectivity index (χ4n) is 3.61. The first kappa shape index (κ1) is 14.5. The van der Waals surface area contributed by atoms with Crippen LogP contribution in [0.1, 0.15) is 18.4 Å². The van der Waals surface area contributed by atoms with E-state index in [-0.39, 0.29) is 0 Å². The van der Waals surface area contributed by atoms with Crippen molar-refractivity contribution in [3.63, 3.8) is 0 Å². The van der Waals surface area contributed by atoms with Crippen molar-refractivity contribution < 1.29 is 0 Å². The van der Waals surface area contributed by atoms with Crippen LogP contribution in [0.2, 0.25) is 0 Å². The molecule has 2 aromatic carbocycles. The number of hydrogen-bond donors (Lipinski definition) is 1. The van der Waals surface area contributed by atoms with Crippen LogP contribution in [-0.2, 0) is 6.54 Å². The largest absolute Gasteiger partial charge is 0.324 e. The molecule has 1 fully saturated rings. The summed E-state index contributed by atoms with van der Waals surface area (Å²) in [6, 6.07) is 17.1. The highest BCUT2D eigenvalue weighted by Gasteiger charge is 2.19. The molecule has 23 heavy (non-hydrogen) atoms. The molecule has 3 nitrogen and oxygen atoms in total. The fraction of sp³-hybridized carbons (Fsp3) is 0.350. The first-order chi connectivity index (χ1) is 11.3. The molecule has 1 aliphatic heterocycles. The zero-order valence-corrected chi connectivity index (χ0v) is 13.6. The molecule has 1 saturated heterocycles. The lowest BCUT2D eigenvalue weighted by Gasteiger charge is -2.24. The number of hydrogen-bond acceptors (Lipinski definition) is 2. The molecule has 118 valence electrons. The van der Waals surface area contributed by atoms with Gasteiger partial charge in [0, 0.05) is 12.1 Å². The Labute approximate surface area is 137 Å². The first-order valence-corrected chi connectivity index (χ1v) is 8.55. The number of rotatable bonds is 3. The van der Waals surface area contributed by atoms with Gasteiger partial charge in [-0.05, 0) is 56.5 Å². The first-order valence-electron chi connectivity index (χ1n) is 8.55. The normalized spacial score (nSPS) is 16.0. The summed E-state index contributed by atoms with van der Waals surface area (Å²) < 4.78 is 2.44. The lowest BCUT2D eigenvalue weighted by Crippen LogP contribution is -2.30. The Kier molecular flexibility index (Phi) is 3.88. The minimum atomic E-state index is 0.733. The molecular weight excluding hydrogens is 282 g/mol. The topological polar surface area (TPSA) is 29.9 Å². The molecule has 3 heteroatoms. The summed E-state index contributed by atoms with van der Waals surface area (Å²) in [6.45, 7) is 5.50. The molecule has 0 unspecified atom stereocenters. The van der Waals surface area contributed by atoms with E-state index in [4.69, 9.17) is 4.98 Å². The van der Waals surface area contributed by atoms with E-state index in [0.29, 0.717) is 0 Å². The molecule has 0 saturated carbocycles. The Hall–Kier alpha value is -2.13. The van der Waals surface area contributed by atoms with Crippen LogP contribution in [0.15, 0.2) is 48.5 Å². The Bertz CT molecular complexity index is 813. The van der Waals surface area contributed by atoms with E-state index >= 15 is 0 Å². The van der Waals surface area contributed by atoms with Gasteiger partial charge in [0.05, 0.1) is 11.0 Å². The molecule has 4 rings (SSSR count). The van der Waals surface area contributed by atoms with Crippen LogP contribution in [0.5, 0.6) is 0 Å². The van der Waals surface area contributed by atoms with Crippen LogP contribution in [0.25, 0.3) is 22.4 Å². The van der Waals surface area contributed by atoms with Gasteiger partial charge < -0.3 is 9.88 Å². The van der Waals surface area contributed by atoms with Crippen LogP contribution in [-0.4, -0.2) is 22.6 Å². The van der Waals surface area contributed by atoms with Crippen molar-refractivity contribution in [2.45, 2.75) is 26.3 Å². The maximum Gasteiger partial charge on any atom is 0.141 e. The minimum absolute atomic E-state index is 0.733. The number of aromatic nitrogens is 2. The van der Waals surface area contributed by atoms with Crippen molar-refractivity contribution >= 4 is 11.0 Å². The third-order valence-electron chi connectivity index (χ3n) is 4.94. The smallest absolute Gasteiger partial charge is 0.141 e. The summed E-state index contributed by atoms with van der Waals surface area (Å²) in [7, 11) is 0. The second kappa shape index (κ2) is 6.17. The van der Waals surface area contributed by atoms with E-state index in [0.717, 1.165) is 36.9 Å². The van der Waals surface area contributed by atoms with Gasteiger partial charge in [-0.25, -0.2) is 4.98 Å². The lowest BCUT2D eigenvalue weighted by molar-refractivity contribution is 0.337. The number of imidazole rings is 1. The summed E-state index contributed by atoms with van der Waals surface area (Å²) in [6.07, 6.45) is 2.50. The molecule has 2 heterocycles. The van der Waals surface area contributed by atoms with E-state index in [1.54, 1.807) is 0 Å². The average Bonchev–Trinajstić information content (AvgIpc) is 2.95. The molecule has 0 radical (unpaired) electrons. The highest BCUT2D eigenvalue weighted by molar-refractivity contribution is 5.81. The van der Waals surface area contributed by atoms with E-state index in [9.17, 15) is 0 Å². The van der Waals surface area contributed by atoms with Gasteiger partial charge in [0.2, 0.25) is 0 Å². The van der Waals surface area contributed by atoms with Crippen LogP contribution < -0.4 is 5.32 Å². The van der Waals surface area contributed by atoms with Gasteiger partial charge in [-0.2, -0.15) is 0 Å². The molecule has 0 atom stereocenters. The number of para-hydroxylation sites is 2. The van der Waals surface area contributed by atoms with Crippen LogP contribution >= 0.6 is 0 Å². The second-order valence-electron chi connectivity index (χ2n) is 6.54. The maximum absolute atomic E-state index is 4.96. The minimum Gasteiger partial charge on any atom is -0.324 e. The predicted octanol–water partition coefficient (Wildman–Crippen LogP) is 4.01. The molecule has 1 aromatic heterocycles. The van der Waals surface area contributed by atoms with E-state index in [1.807, 2.05) is 0 Å². The average molecular weight is 305 g/mol. The third-order valence-corrected chi connectivity index (χ3v) is 4.94. The number of aryl methyl sites for hydroxylation is 1. The highest BCUT2D eigenvalue weighted by Crippen LogP contribution is 2.29. The van der Waals surface area contributed by atoms with Crippen molar-refractivity contribution in [2.24, 2.45) is 5.92 Å². The Morgan fingerprint density at radius 2 is 1.78 bits per heavy atom. The number of fused-ring (bicyclic) bond motifs is 1. The van der Waals surface area contributed by atoms with Gasteiger partial charge in [0.15, 0.2) is 0 Å². The summed E-state index contributed by atoms with van der Waals surface area (Å²) >= 11 is 0. The van der Waals surface area contributed by atoms with Crippen LogP contribution in [0, 0.1) is 12.8 Å². The Morgan fingerprint density at radius 1 is 1.04 bits per heavy atom. The van der Waals surface area contributed by atoms with Crippen molar-refractivity contribution in [3.05, 3.63) is 54.1 Å². The van der Waals surface area contributed by atoms with Crippen LogP contribution in [0.3, 0.4) is 0 Å². The van der Waals surface area contributed by atoms with Gasteiger partial charge in [0.1, 0.15) is 5.82 Å². The van der Waals surface area contributed by atoms with Gasteiger partial charge in [-0.3, -0.25) is 0 Å². The molecule has 1 aliphatic rings. The molecule has 3 aromatic rings. The van der Waals surface area contributed by atoms with Crippen molar-refractivity contribution in [1.82, 2.24) is 14.9 Å². The molecule has 0 amide bonds. The predicted molar refractivity (Wildman–Crippen MR) is 95.5 cm³/mol. The van der Waals surface area contributed by atoms with Crippen molar-refractivity contribution in [2.75, 3.05) is 13.1 Å². The molecule has 1 N–H and O–H groups in total. The lowest BCUT2D eigenvalue weighted by atomic mass is 9.98. The number of nitrogens with zero attached hydrogens (tertiary/aromatic N) is 2. The molecule has 0 spiro atoms. The Morgan fingerprint density at radius 3 is 2.61 bits per heavy atom. The van der Waals surface area contributed by atoms with Gasteiger partial charge in [-0.1, -0.05) is 36.4 Å². The van der Waals surface area contributed by atoms with Gasteiger partial charge in [0.25, 0.3) is 0 Å². The van der Waals surface area contributed by atoms with Crippen molar-refractivity contribution in [1.29, 1.82) is 0 Å². The van der Waals surface area contributed by atoms with Gasteiger partial charge >= 0.3 is 0 Å². The number of piperidine rings is 1. The van der Waals surface area contributed by atoms with Crippen molar-refractivity contribution in [3.8, 4) is 11.4 Å². The molecule has 0 aliphatic carbocycles. The van der Waals surface area contributed by atoms with E-state index < -0.39 is 0 Å². The van der Waals surface area contributed by atoms with Crippen LogP contribution in [0.4, 0.5) is 0 Å². The zero-order chi connectivity index (χ0) is 15.6. The summed E-state index contributed by atoms with van der Waals surface area (Å²) in [4.78, 5) is 4.96. The third kappa shape index (κ3) is 2.77. The fourth-order valence-corrected chi connectivity index (χ4v) is 3.61. The summed E-state index contributed by atoms with van der Waals surface area (Å²) in [5.74, 6) is 1.85. The second-order valence-corrected chi connectivity index (χ2v) is 6.54. The number of nitrogens with one attached hydrogen (secondary N) is 1. The van der Waals surface area contributed by atoms with E-state index in [1.165, 1.54) is 29.5 Å². The summed E-state index contributed by atoms with van der Waals surface area (Å²) in [5, 5.41) is 3.46. The number of benzene rings is 2. The summed E-state index contributed by atoms with van der Waals surface area (Å²) in [5.41, 5.74) is 4.89. The molecule has 0 bridgehead atoms. The SMILES string of the molecule is Cc1ccccc1-c1nc2ccccc2n1CC1CCNCC1. The standard InChI is InChI=1S/C20H23N3/c1-15-6-2-3-7-17(15)20-22-18-8-4-5-9-19(18)23(20)14-16-10-12-21-13-11-16/h2-9,16,21H,10-14H2,1H3. The van der Waals surface area contributed by atoms with E-state index in [2.05, 4.69) is 65.3 Å². The Balaban J connectivity index is 1.83. The monoisotopic (exact) mass is 305 g/mol. The van der Waals surface area contributed by atoms with Gasteiger partial charge in [-0.15, -0.1) is 0 Å². The highest BCUT2D eigenvalue weighted by atomic mass is 15.1. The quantitative estimate of drug-likeness (QED) is 0.792. The zero-order valence-electron chi connectivity index (χ0n) is 13.6.